The third-order valence-corrected chi connectivity index (χ3v) is 3.53. The van der Waals surface area contributed by atoms with E-state index in [-0.39, 0.29) is 5.97 Å². The summed E-state index contributed by atoms with van der Waals surface area (Å²) in [6.07, 6.45) is 0.352. The molecule has 2 heterocycles. The molecule has 4 nitrogen and oxygen atoms in total. The molecule has 0 bridgehead atoms. The fourth-order valence-electron chi connectivity index (χ4n) is 1.73. The largest absolute Gasteiger partial charge is 0.466 e. The van der Waals surface area contributed by atoms with E-state index in [4.69, 9.17) is 9.47 Å². The van der Waals surface area contributed by atoms with Crippen molar-refractivity contribution < 1.29 is 14.3 Å². The van der Waals surface area contributed by atoms with Crippen molar-refractivity contribution in [1.29, 1.82) is 0 Å². The van der Waals surface area contributed by atoms with Crippen LogP contribution in [0.2, 0.25) is 0 Å². The molecule has 1 aliphatic rings. The van der Waals surface area contributed by atoms with Crippen LogP contribution in [0.5, 0.6) is 0 Å². The van der Waals surface area contributed by atoms with Gasteiger partial charge in [-0.05, 0) is 6.92 Å². The zero-order valence-corrected chi connectivity index (χ0v) is 10.3. The molecule has 0 atom stereocenters. The molecule has 0 N–H and O–H groups in total. The molecule has 1 aromatic rings. The van der Waals surface area contributed by atoms with Gasteiger partial charge >= 0.3 is 5.97 Å². The van der Waals surface area contributed by atoms with Crippen molar-refractivity contribution in [1.82, 2.24) is 0 Å². The number of anilines is 1. The molecule has 0 unspecified atom stereocenters. The summed E-state index contributed by atoms with van der Waals surface area (Å²) >= 11 is 1.60. The van der Waals surface area contributed by atoms with E-state index in [2.05, 4.69) is 5.38 Å². The lowest BCUT2D eigenvalue weighted by Gasteiger charge is -2.25. The van der Waals surface area contributed by atoms with Crippen LogP contribution >= 0.6 is 11.3 Å². The minimum Gasteiger partial charge on any atom is -0.466 e. The molecule has 88 valence electrons. The van der Waals surface area contributed by atoms with Gasteiger partial charge in [0.15, 0.2) is 0 Å². The minimum absolute atomic E-state index is 0.166. The van der Waals surface area contributed by atoms with Gasteiger partial charge in [0, 0.05) is 22.9 Å². The number of fused-ring (bicyclic) bond motifs is 1. The van der Waals surface area contributed by atoms with E-state index in [1.54, 1.807) is 11.3 Å². The minimum atomic E-state index is -0.166. The molecule has 2 rings (SSSR count). The van der Waals surface area contributed by atoms with Crippen molar-refractivity contribution in [2.24, 2.45) is 0 Å². The number of carbonyl (C=O) groups is 1. The van der Waals surface area contributed by atoms with E-state index >= 15 is 0 Å². The summed E-state index contributed by atoms with van der Waals surface area (Å²) in [5.41, 5.74) is 2.31. The van der Waals surface area contributed by atoms with E-state index in [0.29, 0.717) is 26.4 Å². The molecule has 0 saturated heterocycles. The molecule has 5 heteroatoms. The van der Waals surface area contributed by atoms with Crippen molar-refractivity contribution >= 4 is 23.0 Å². The van der Waals surface area contributed by atoms with Crippen molar-refractivity contribution in [3.63, 3.8) is 0 Å². The van der Waals surface area contributed by atoms with Gasteiger partial charge in [-0.2, -0.15) is 0 Å². The van der Waals surface area contributed by atoms with Gasteiger partial charge in [0.1, 0.15) is 6.73 Å². The van der Waals surface area contributed by atoms with Gasteiger partial charge in [-0.3, -0.25) is 4.79 Å². The lowest BCUT2D eigenvalue weighted by molar-refractivity contribution is -0.142. The van der Waals surface area contributed by atoms with E-state index in [0.717, 1.165) is 10.4 Å². The molecule has 0 saturated carbocycles. The van der Waals surface area contributed by atoms with Crippen molar-refractivity contribution in [3.8, 4) is 0 Å². The molecule has 1 aliphatic heterocycles. The molecule has 0 amide bonds. The third kappa shape index (κ3) is 2.20. The number of nitrogens with zero attached hydrogens (tertiary/aromatic N) is 1. The zero-order chi connectivity index (χ0) is 11.5. The van der Waals surface area contributed by atoms with E-state index < -0.39 is 0 Å². The van der Waals surface area contributed by atoms with Crippen LogP contribution in [-0.2, 0) is 27.3 Å². The Labute approximate surface area is 98.8 Å². The normalized spacial score (nSPS) is 14.8. The summed E-state index contributed by atoms with van der Waals surface area (Å²) in [6, 6.07) is 0. The van der Waals surface area contributed by atoms with Crippen LogP contribution in [0.15, 0.2) is 5.38 Å². The molecule has 0 fully saturated rings. The van der Waals surface area contributed by atoms with Gasteiger partial charge in [0.25, 0.3) is 0 Å². The Kier molecular flexibility index (Phi) is 3.46. The predicted molar refractivity (Wildman–Crippen MR) is 62.7 cm³/mol. The Morgan fingerprint density at radius 3 is 3.25 bits per heavy atom. The Morgan fingerprint density at radius 2 is 2.50 bits per heavy atom. The van der Waals surface area contributed by atoms with Crippen molar-refractivity contribution in [3.05, 3.63) is 15.8 Å². The maximum atomic E-state index is 11.4. The standard InChI is InChI=1S/C11H15NO3S/c1-3-15-11(13)4-10-8-5-14-7-12(2)9(8)6-16-10/h6H,3-5,7H2,1-2H3. The van der Waals surface area contributed by atoms with Gasteiger partial charge < -0.3 is 14.4 Å². The van der Waals surface area contributed by atoms with Gasteiger partial charge in [-0.15, -0.1) is 11.3 Å². The molecule has 1 aromatic heterocycles. The highest BCUT2D eigenvalue weighted by Gasteiger charge is 2.21. The van der Waals surface area contributed by atoms with Gasteiger partial charge in [0.2, 0.25) is 0 Å². The second-order valence-corrected chi connectivity index (χ2v) is 4.64. The first-order valence-corrected chi connectivity index (χ1v) is 6.14. The van der Waals surface area contributed by atoms with Crippen LogP contribution in [0.4, 0.5) is 5.69 Å². The van der Waals surface area contributed by atoms with Crippen LogP contribution in [0.1, 0.15) is 17.4 Å². The Balaban J connectivity index is 2.14. The number of thiophene rings is 1. The number of rotatable bonds is 3. The molecule has 16 heavy (non-hydrogen) atoms. The lowest BCUT2D eigenvalue weighted by Crippen LogP contribution is -2.26. The number of esters is 1. The van der Waals surface area contributed by atoms with Crippen LogP contribution in [0.3, 0.4) is 0 Å². The number of carbonyl (C=O) groups excluding carboxylic acids is 1. The average Bonchev–Trinajstić information content (AvgIpc) is 2.64. The predicted octanol–water partition coefficient (Wildman–Crippen LogP) is 1.78. The van der Waals surface area contributed by atoms with Crippen molar-refractivity contribution in [2.45, 2.75) is 20.0 Å². The quantitative estimate of drug-likeness (QED) is 0.756. The second-order valence-electron chi connectivity index (χ2n) is 3.68. The summed E-state index contributed by atoms with van der Waals surface area (Å²) in [5.74, 6) is -0.166. The average molecular weight is 241 g/mol. The lowest BCUT2D eigenvalue weighted by atomic mass is 10.2. The highest BCUT2D eigenvalue weighted by molar-refractivity contribution is 7.10. The Hall–Kier alpha value is -1.07. The van der Waals surface area contributed by atoms with Crippen molar-refractivity contribution in [2.75, 3.05) is 25.3 Å². The summed E-state index contributed by atoms with van der Waals surface area (Å²) in [7, 11) is 1.98. The molecule has 0 radical (unpaired) electrons. The number of hydrogen-bond donors (Lipinski definition) is 0. The van der Waals surface area contributed by atoms with Crippen LogP contribution < -0.4 is 4.90 Å². The first kappa shape index (κ1) is 11.4. The Morgan fingerprint density at radius 1 is 1.69 bits per heavy atom. The topological polar surface area (TPSA) is 38.8 Å². The summed E-state index contributed by atoms with van der Waals surface area (Å²) in [4.78, 5) is 14.5. The van der Waals surface area contributed by atoms with Gasteiger partial charge in [0.05, 0.1) is 25.3 Å². The fourth-order valence-corrected chi connectivity index (χ4v) is 2.82. The molecule has 0 aromatic carbocycles. The molecular formula is C11H15NO3S. The number of hydrogen-bond acceptors (Lipinski definition) is 5. The van der Waals surface area contributed by atoms with Crippen LogP contribution in [-0.4, -0.2) is 26.4 Å². The maximum Gasteiger partial charge on any atom is 0.311 e. The maximum absolute atomic E-state index is 11.4. The molecule has 0 aliphatic carbocycles. The smallest absolute Gasteiger partial charge is 0.311 e. The highest BCUT2D eigenvalue weighted by Crippen LogP contribution is 2.33. The third-order valence-electron chi connectivity index (χ3n) is 2.51. The monoisotopic (exact) mass is 241 g/mol. The first-order chi connectivity index (χ1) is 7.72. The SMILES string of the molecule is CCOC(=O)Cc1scc2c1COCN2C. The van der Waals surface area contributed by atoms with E-state index in [1.165, 1.54) is 5.69 Å². The zero-order valence-electron chi connectivity index (χ0n) is 9.49. The van der Waals surface area contributed by atoms with E-state index in [1.807, 2.05) is 18.9 Å². The molecule has 0 spiro atoms. The van der Waals surface area contributed by atoms with Gasteiger partial charge in [-0.1, -0.05) is 0 Å². The summed E-state index contributed by atoms with van der Waals surface area (Å²) in [5, 5.41) is 2.08. The molecular weight excluding hydrogens is 226 g/mol. The van der Waals surface area contributed by atoms with Gasteiger partial charge in [-0.25, -0.2) is 0 Å². The second kappa shape index (κ2) is 4.84. The summed E-state index contributed by atoms with van der Waals surface area (Å²) in [6.45, 7) is 3.46. The fraction of sp³-hybridized carbons (Fsp3) is 0.545. The first-order valence-electron chi connectivity index (χ1n) is 5.26. The van der Waals surface area contributed by atoms with Crippen LogP contribution in [0.25, 0.3) is 0 Å². The highest BCUT2D eigenvalue weighted by atomic mass is 32.1. The van der Waals surface area contributed by atoms with Crippen LogP contribution in [0, 0.1) is 0 Å². The summed E-state index contributed by atoms with van der Waals surface area (Å²) < 4.78 is 10.4. The number of ether oxygens (including phenoxy) is 2. The van der Waals surface area contributed by atoms with E-state index in [9.17, 15) is 4.79 Å². The Bertz CT molecular complexity index is 389.